The minimum absolute atomic E-state index is 0.0446. The summed E-state index contributed by atoms with van der Waals surface area (Å²) in [5.74, 6) is -0.581. The van der Waals surface area contributed by atoms with E-state index in [1.807, 2.05) is 77.2 Å². The first kappa shape index (κ1) is 24.9. The number of nitrogens with zero attached hydrogens (tertiary/aromatic N) is 3. The summed E-state index contributed by atoms with van der Waals surface area (Å²) in [5.41, 5.74) is 4.33. The van der Waals surface area contributed by atoms with E-state index in [0.29, 0.717) is 11.7 Å². The van der Waals surface area contributed by atoms with Gasteiger partial charge in [-0.15, -0.1) is 0 Å². The van der Waals surface area contributed by atoms with Gasteiger partial charge in [-0.25, -0.2) is 4.39 Å². The van der Waals surface area contributed by atoms with Crippen molar-refractivity contribution in [3.05, 3.63) is 113 Å². The third-order valence-electron chi connectivity index (χ3n) is 6.38. The molecule has 6 nitrogen and oxygen atoms in total. The summed E-state index contributed by atoms with van der Waals surface area (Å²) in [5, 5.41) is 6.93. The van der Waals surface area contributed by atoms with E-state index in [1.54, 1.807) is 18.3 Å². The van der Waals surface area contributed by atoms with E-state index in [1.165, 1.54) is 6.07 Å². The molecule has 1 aliphatic rings. The van der Waals surface area contributed by atoms with Crippen LogP contribution in [0.4, 0.5) is 10.1 Å². The smallest absolute Gasteiger partial charge is 0.226 e. The van der Waals surface area contributed by atoms with Crippen molar-refractivity contribution in [2.24, 2.45) is 0 Å². The second-order valence-electron chi connectivity index (χ2n) is 8.89. The van der Waals surface area contributed by atoms with Crippen molar-refractivity contribution in [1.29, 1.82) is 0 Å². The third kappa shape index (κ3) is 5.35. The Bertz CT molecular complexity index is 1430. The van der Waals surface area contributed by atoms with Gasteiger partial charge in [0, 0.05) is 42.4 Å². The molecule has 0 bridgehead atoms. The van der Waals surface area contributed by atoms with E-state index >= 15 is 0 Å². The molecule has 2 aromatic carbocycles. The first-order valence-electron chi connectivity index (χ1n) is 11.9. The molecule has 1 aliphatic heterocycles. The van der Waals surface area contributed by atoms with Crippen LogP contribution in [0.15, 0.2) is 85.2 Å². The Labute approximate surface area is 225 Å². The number of nitrogens with one attached hydrogen (secondary N) is 2. The van der Waals surface area contributed by atoms with Gasteiger partial charge in [0.1, 0.15) is 5.82 Å². The normalized spacial score (nSPS) is 17.1. The van der Waals surface area contributed by atoms with Crippen molar-refractivity contribution in [3.63, 3.8) is 0 Å². The molecule has 0 aliphatic carbocycles. The maximum absolute atomic E-state index is 13.9. The molecule has 2 aromatic heterocycles. The average Bonchev–Trinajstić information content (AvgIpc) is 3.50. The van der Waals surface area contributed by atoms with Crippen LogP contribution < -0.4 is 10.6 Å². The van der Waals surface area contributed by atoms with Crippen molar-refractivity contribution >= 4 is 40.5 Å². The fourth-order valence-electron chi connectivity index (χ4n) is 4.56. The van der Waals surface area contributed by atoms with Crippen LogP contribution in [0.2, 0.25) is 5.02 Å². The Kier molecular flexibility index (Phi) is 7.21. The van der Waals surface area contributed by atoms with Gasteiger partial charge in [0.2, 0.25) is 5.91 Å². The molecule has 0 spiro atoms. The Morgan fingerprint density at radius 2 is 1.95 bits per heavy atom. The Morgan fingerprint density at radius 1 is 1.14 bits per heavy atom. The van der Waals surface area contributed by atoms with E-state index in [0.717, 1.165) is 28.3 Å². The van der Waals surface area contributed by atoms with Crippen LogP contribution in [0.1, 0.15) is 35.5 Å². The van der Waals surface area contributed by atoms with E-state index in [-0.39, 0.29) is 29.4 Å². The molecule has 5 rings (SSSR count). The molecule has 1 fully saturated rings. The van der Waals surface area contributed by atoms with Gasteiger partial charge in [-0.3, -0.25) is 9.78 Å². The number of hydrogen-bond acceptors (Lipinski definition) is 3. The summed E-state index contributed by atoms with van der Waals surface area (Å²) in [4.78, 5) is 19.4. The van der Waals surface area contributed by atoms with Crippen molar-refractivity contribution in [1.82, 2.24) is 19.8 Å². The van der Waals surface area contributed by atoms with Crippen LogP contribution in [0.25, 0.3) is 5.69 Å². The number of halogens is 2. The zero-order valence-electron chi connectivity index (χ0n) is 20.1. The summed E-state index contributed by atoms with van der Waals surface area (Å²) >= 11 is 11.8. The maximum Gasteiger partial charge on any atom is 0.226 e. The lowest BCUT2D eigenvalue weighted by Gasteiger charge is -2.29. The summed E-state index contributed by atoms with van der Waals surface area (Å²) in [6, 6.07) is 21.4. The van der Waals surface area contributed by atoms with Gasteiger partial charge < -0.3 is 20.1 Å². The number of thiocarbonyl (C=S) groups is 1. The lowest BCUT2D eigenvalue weighted by Crippen LogP contribution is -2.33. The lowest BCUT2D eigenvalue weighted by molar-refractivity contribution is -0.116. The third-order valence-corrected chi connectivity index (χ3v) is 7.02. The van der Waals surface area contributed by atoms with Crippen LogP contribution in [-0.2, 0) is 4.79 Å². The molecule has 2 N–H and O–H groups in total. The highest BCUT2D eigenvalue weighted by Gasteiger charge is 2.41. The van der Waals surface area contributed by atoms with Crippen LogP contribution >= 0.6 is 23.8 Å². The van der Waals surface area contributed by atoms with Crippen LogP contribution in [0, 0.1) is 12.7 Å². The van der Waals surface area contributed by atoms with E-state index in [9.17, 15) is 9.18 Å². The Morgan fingerprint density at radius 3 is 2.68 bits per heavy atom. The number of aryl methyl sites for hydroxylation is 1. The molecule has 0 unspecified atom stereocenters. The fourth-order valence-corrected chi connectivity index (χ4v) is 5.06. The van der Waals surface area contributed by atoms with Gasteiger partial charge in [0.05, 0.1) is 22.8 Å². The number of carbonyl (C=O) groups is 1. The topological polar surface area (TPSA) is 62.2 Å². The summed E-state index contributed by atoms with van der Waals surface area (Å²) in [7, 11) is 0. The second kappa shape index (κ2) is 10.7. The van der Waals surface area contributed by atoms with Crippen molar-refractivity contribution in [2.75, 3.05) is 11.9 Å². The van der Waals surface area contributed by atoms with Crippen molar-refractivity contribution in [2.45, 2.75) is 25.4 Å². The number of anilines is 1. The molecule has 1 saturated heterocycles. The number of pyridine rings is 1. The fraction of sp³-hybridized carbons (Fsp3) is 0.179. The monoisotopic (exact) mass is 533 g/mol. The van der Waals surface area contributed by atoms with Gasteiger partial charge in [-0.1, -0.05) is 35.4 Å². The first-order chi connectivity index (χ1) is 17.9. The standard InChI is InChI=1S/C28H25ClFN5OS/c1-18-7-9-19(10-8-18)32-25(36)13-16-35-27(26(33-28(35)37)23-5-2-3-14-31-23)24-6-4-15-34(24)20-11-12-22(30)21(29)17-20/h2-12,14-15,17,26-27H,13,16H2,1H3,(H,32,36)(H,33,37)/t26-,27-/m0/s1. The molecule has 9 heteroatoms. The molecule has 0 radical (unpaired) electrons. The summed E-state index contributed by atoms with van der Waals surface area (Å²) < 4.78 is 15.8. The summed E-state index contributed by atoms with van der Waals surface area (Å²) in [6.07, 6.45) is 3.88. The Balaban J connectivity index is 1.44. The summed E-state index contributed by atoms with van der Waals surface area (Å²) in [6.45, 7) is 2.40. The zero-order valence-corrected chi connectivity index (χ0v) is 21.6. The number of rotatable bonds is 7. The minimum Gasteiger partial charge on any atom is -0.352 e. The van der Waals surface area contributed by atoms with E-state index in [2.05, 4.69) is 15.6 Å². The molecule has 188 valence electrons. The molecule has 37 heavy (non-hydrogen) atoms. The molecular formula is C28H25ClFN5OS. The van der Waals surface area contributed by atoms with Gasteiger partial charge in [0.25, 0.3) is 0 Å². The number of hydrogen-bond donors (Lipinski definition) is 2. The maximum atomic E-state index is 13.9. The van der Waals surface area contributed by atoms with Gasteiger partial charge in [-0.2, -0.15) is 0 Å². The number of benzene rings is 2. The quantitative estimate of drug-likeness (QED) is 0.286. The highest BCUT2D eigenvalue weighted by atomic mass is 35.5. The predicted molar refractivity (Wildman–Crippen MR) is 147 cm³/mol. The number of aromatic nitrogens is 2. The van der Waals surface area contributed by atoms with Crippen LogP contribution in [0.5, 0.6) is 0 Å². The predicted octanol–water partition coefficient (Wildman–Crippen LogP) is 5.97. The molecule has 3 heterocycles. The van der Waals surface area contributed by atoms with E-state index < -0.39 is 5.82 Å². The lowest BCUT2D eigenvalue weighted by atomic mass is 10.0. The molecule has 2 atom stereocenters. The Hall–Kier alpha value is -3.75. The molecule has 1 amide bonds. The van der Waals surface area contributed by atoms with Gasteiger partial charge >= 0.3 is 0 Å². The largest absolute Gasteiger partial charge is 0.352 e. The molecule has 0 saturated carbocycles. The number of amides is 1. The molecular weight excluding hydrogens is 509 g/mol. The van der Waals surface area contributed by atoms with E-state index in [4.69, 9.17) is 23.8 Å². The molecule has 4 aromatic rings. The minimum atomic E-state index is -0.476. The van der Waals surface area contributed by atoms with Gasteiger partial charge in [-0.05, 0) is 73.7 Å². The average molecular weight is 534 g/mol. The highest BCUT2D eigenvalue weighted by Crippen LogP contribution is 2.39. The van der Waals surface area contributed by atoms with Gasteiger partial charge in [0.15, 0.2) is 5.11 Å². The second-order valence-corrected chi connectivity index (χ2v) is 9.68. The van der Waals surface area contributed by atoms with Crippen molar-refractivity contribution < 1.29 is 9.18 Å². The van der Waals surface area contributed by atoms with Crippen LogP contribution in [0.3, 0.4) is 0 Å². The highest BCUT2D eigenvalue weighted by molar-refractivity contribution is 7.80. The zero-order chi connectivity index (χ0) is 25.9. The SMILES string of the molecule is Cc1ccc(NC(=O)CCN2C(=S)N[C@@H](c3ccccn3)[C@@H]2c2cccn2-c2ccc(F)c(Cl)c2)cc1. The first-order valence-corrected chi connectivity index (χ1v) is 12.7. The van der Waals surface area contributed by atoms with Crippen molar-refractivity contribution in [3.8, 4) is 5.69 Å². The van der Waals surface area contributed by atoms with Crippen LogP contribution in [-0.4, -0.2) is 32.0 Å². The number of carbonyl (C=O) groups excluding carboxylic acids is 1.